The van der Waals surface area contributed by atoms with Crippen molar-refractivity contribution < 1.29 is 9.53 Å². The van der Waals surface area contributed by atoms with Gasteiger partial charge in [-0.2, -0.15) is 0 Å². The molecule has 1 heterocycles. The molecule has 0 radical (unpaired) electrons. The molecule has 0 bridgehead atoms. The molecule has 1 aliphatic rings. The van der Waals surface area contributed by atoms with Gasteiger partial charge in [-0.05, 0) is 32.9 Å². The number of piperidine rings is 1. The Hall–Kier alpha value is -0.410. The Morgan fingerprint density at radius 3 is 2.73 bits per heavy atom. The highest BCUT2D eigenvalue weighted by atomic mass is 16.5. The second-order valence-electron chi connectivity index (χ2n) is 2.96. The van der Waals surface area contributed by atoms with Gasteiger partial charge in [0.25, 0.3) is 0 Å². The van der Waals surface area contributed by atoms with Gasteiger partial charge in [0.05, 0.1) is 6.10 Å². The van der Waals surface area contributed by atoms with Crippen LogP contribution in [-0.4, -0.2) is 31.6 Å². The molecular weight excluding hydrogens is 142 g/mol. The highest BCUT2D eigenvalue weighted by Crippen LogP contribution is 2.06. The minimum atomic E-state index is 0.114. The number of carbonyl (C=O) groups is 1. The Morgan fingerprint density at radius 2 is 2.18 bits per heavy atom. The average molecular weight is 157 g/mol. The summed E-state index contributed by atoms with van der Waals surface area (Å²) in [6, 6.07) is 0. The molecule has 64 valence electrons. The fourth-order valence-corrected chi connectivity index (χ4v) is 1.20. The highest BCUT2D eigenvalue weighted by Gasteiger charge is 2.13. The molecule has 11 heavy (non-hydrogen) atoms. The summed E-state index contributed by atoms with van der Waals surface area (Å²) in [4.78, 5) is 10.5. The second-order valence-corrected chi connectivity index (χ2v) is 2.96. The summed E-state index contributed by atoms with van der Waals surface area (Å²) in [7, 11) is 0. The van der Waals surface area contributed by atoms with E-state index in [9.17, 15) is 4.79 Å². The Kier molecular flexibility index (Phi) is 3.52. The van der Waals surface area contributed by atoms with Crippen molar-refractivity contribution in [1.82, 2.24) is 5.32 Å². The average Bonchev–Trinajstić information content (AvgIpc) is 2.03. The van der Waals surface area contributed by atoms with Crippen LogP contribution in [-0.2, 0) is 9.53 Å². The van der Waals surface area contributed by atoms with Crippen molar-refractivity contribution in [2.45, 2.75) is 25.9 Å². The molecule has 0 aromatic carbocycles. The first-order valence-electron chi connectivity index (χ1n) is 4.11. The van der Waals surface area contributed by atoms with E-state index in [0.717, 1.165) is 25.9 Å². The fraction of sp³-hybridized carbons (Fsp3) is 0.875. The predicted molar refractivity (Wildman–Crippen MR) is 42.5 cm³/mol. The van der Waals surface area contributed by atoms with Crippen LogP contribution in [0.3, 0.4) is 0 Å². The van der Waals surface area contributed by atoms with Gasteiger partial charge in [0.1, 0.15) is 6.61 Å². The molecule has 1 aliphatic heterocycles. The lowest BCUT2D eigenvalue weighted by Gasteiger charge is -2.22. The fourth-order valence-electron chi connectivity index (χ4n) is 1.20. The van der Waals surface area contributed by atoms with E-state index in [-0.39, 0.29) is 12.4 Å². The molecule has 0 aliphatic carbocycles. The quantitative estimate of drug-likeness (QED) is 0.642. The second kappa shape index (κ2) is 4.46. The third-order valence-electron chi connectivity index (χ3n) is 1.81. The Balaban J connectivity index is 2.09. The summed E-state index contributed by atoms with van der Waals surface area (Å²) in [5.74, 6) is 0.114. The molecule has 3 nitrogen and oxygen atoms in total. The molecule has 0 aromatic heterocycles. The van der Waals surface area contributed by atoms with Gasteiger partial charge < -0.3 is 10.1 Å². The van der Waals surface area contributed by atoms with Crippen molar-refractivity contribution in [3.63, 3.8) is 0 Å². The first-order valence-corrected chi connectivity index (χ1v) is 4.11. The van der Waals surface area contributed by atoms with E-state index in [0.29, 0.717) is 6.10 Å². The highest BCUT2D eigenvalue weighted by molar-refractivity contribution is 5.76. The van der Waals surface area contributed by atoms with Crippen LogP contribution in [0.25, 0.3) is 0 Å². The normalized spacial score (nSPS) is 20.1. The third kappa shape index (κ3) is 3.49. The van der Waals surface area contributed by atoms with Crippen LogP contribution in [0.1, 0.15) is 19.8 Å². The lowest BCUT2D eigenvalue weighted by Crippen LogP contribution is -2.33. The maximum Gasteiger partial charge on any atom is 0.155 e. The van der Waals surface area contributed by atoms with Crippen LogP contribution >= 0.6 is 0 Å². The van der Waals surface area contributed by atoms with E-state index >= 15 is 0 Å². The van der Waals surface area contributed by atoms with Gasteiger partial charge in [0.2, 0.25) is 0 Å². The van der Waals surface area contributed by atoms with Crippen molar-refractivity contribution >= 4 is 5.78 Å². The largest absolute Gasteiger partial charge is 0.370 e. The lowest BCUT2D eigenvalue weighted by atomic mass is 10.1. The van der Waals surface area contributed by atoms with Gasteiger partial charge in [-0.15, -0.1) is 0 Å². The van der Waals surface area contributed by atoms with Crippen molar-refractivity contribution in [2.75, 3.05) is 19.7 Å². The molecule has 0 amide bonds. The van der Waals surface area contributed by atoms with Crippen LogP contribution in [0, 0.1) is 0 Å². The summed E-state index contributed by atoms with van der Waals surface area (Å²) < 4.78 is 5.35. The summed E-state index contributed by atoms with van der Waals surface area (Å²) in [5, 5.41) is 3.24. The topological polar surface area (TPSA) is 38.3 Å². The van der Waals surface area contributed by atoms with E-state index in [2.05, 4.69) is 5.32 Å². The van der Waals surface area contributed by atoms with Gasteiger partial charge in [0.15, 0.2) is 5.78 Å². The van der Waals surface area contributed by atoms with Crippen LogP contribution in [0.15, 0.2) is 0 Å². The molecule has 1 N–H and O–H groups in total. The monoisotopic (exact) mass is 157 g/mol. The summed E-state index contributed by atoms with van der Waals surface area (Å²) >= 11 is 0. The summed E-state index contributed by atoms with van der Waals surface area (Å²) in [6.45, 7) is 3.87. The number of ketones is 1. The van der Waals surface area contributed by atoms with E-state index < -0.39 is 0 Å². The first kappa shape index (κ1) is 8.68. The molecule has 3 heteroatoms. The number of carbonyl (C=O) groups excluding carboxylic acids is 1. The predicted octanol–water partition coefficient (Wildman–Crippen LogP) is 0.344. The maximum absolute atomic E-state index is 10.5. The Labute approximate surface area is 67.1 Å². The molecule has 0 unspecified atom stereocenters. The van der Waals surface area contributed by atoms with Gasteiger partial charge in [-0.25, -0.2) is 0 Å². The molecule has 0 saturated carbocycles. The molecule has 1 saturated heterocycles. The number of hydrogen-bond donors (Lipinski definition) is 1. The number of hydrogen-bond acceptors (Lipinski definition) is 3. The number of Topliss-reactive ketones (excluding diaryl/α,β-unsaturated/α-hetero) is 1. The number of nitrogens with one attached hydrogen (secondary N) is 1. The molecule has 0 aromatic rings. The maximum atomic E-state index is 10.5. The van der Waals surface area contributed by atoms with Gasteiger partial charge >= 0.3 is 0 Å². The summed E-state index contributed by atoms with van der Waals surface area (Å²) in [6.07, 6.45) is 2.38. The molecule has 1 rings (SSSR count). The van der Waals surface area contributed by atoms with Gasteiger partial charge in [-0.3, -0.25) is 4.79 Å². The van der Waals surface area contributed by atoms with Crippen molar-refractivity contribution in [1.29, 1.82) is 0 Å². The SMILES string of the molecule is CC(=O)COC1CCNCC1. The van der Waals surface area contributed by atoms with E-state index in [1.807, 2.05) is 0 Å². The first-order chi connectivity index (χ1) is 5.29. The van der Waals surface area contributed by atoms with Gasteiger partial charge in [0, 0.05) is 0 Å². The zero-order valence-electron chi connectivity index (χ0n) is 6.93. The molecule has 0 atom stereocenters. The minimum absolute atomic E-state index is 0.114. The van der Waals surface area contributed by atoms with Crippen LogP contribution in [0.5, 0.6) is 0 Å². The smallest absolute Gasteiger partial charge is 0.155 e. The van der Waals surface area contributed by atoms with Gasteiger partial charge in [-0.1, -0.05) is 0 Å². The molecule has 1 fully saturated rings. The number of ether oxygens (including phenoxy) is 1. The third-order valence-corrected chi connectivity index (χ3v) is 1.81. The Morgan fingerprint density at radius 1 is 1.55 bits per heavy atom. The summed E-state index contributed by atoms with van der Waals surface area (Å²) in [5.41, 5.74) is 0. The van der Waals surface area contributed by atoms with Crippen molar-refractivity contribution in [2.24, 2.45) is 0 Å². The number of rotatable bonds is 3. The minimum Gasteiger partial charge on any atom is -0.370 e. The Bertz CT molecular complexity index is 130. The van der Waals surface area contributed by atoms with E-state index in [4.69, 9.17) is 4.74 Å². The zero-order valence-corrected chi connectivity index (χ0v) is 6.93. The van der Waals surface area contributed by atoms with E-state index in [1.165, 1.54) is 0 Å². The van der Waals surface area contributed by atoms with Crippen molar-refractivity contribution in [3.8, 4) is 0 Å². The van der Waals surface area contributed by atoms with Crippen LogP contribution in [0.4, 0.5) is 0 Å². The van der Waals surface area contributed by atoms with Crippen molar-refractivity contribution in [3.05, 3.63) is 0 Å². The lowest BCUT2D eigenvalue weighted by molar-refractivity contribution is -0.123. The van der Waals surface area contributed by atoms with Crippen LogP contribution in [0.2, 0.25) is 0 Å². The molecule has 0 spiro atoms. The zero-order chi connectivity index (χ0) is 8.10. The molecular formula is C8H15NO2. The van der Waals surface area contributed by atoms with E-state index in [1.54, 1.807) is 6.92 Å². The van der Waals surface area contributed by atoms with Crippen LogP contribution < -0.4 is 5.32 Å². The standard InChI is InChI=1S/C8H15NO2/c1-7(10)6-11-8-2-4-9-5-3-8/h8-9H,2-6H2,1H3.